The Morgan fingerprint density at radius 1 is 1.19 bits per heavy atom. The number of aromatic nitrogens is 3. The van der Waals surface area contributed by atoms with Gasteiger partial charge in [-0.3, -0.25) is 4.79 Å². The van der Waals surface area contributed by atoms with Crippen LogP contribution in [0.25, 0.3) is 17.5 Å². The first-order valence-electron chi connectivity index (χ1n) is 9.41. The molecule has 3 rings (SSSR count). The van der Waals surface area contributed by atoms with E-state index in [-0.39, 0.29) is 11.7 Å². The second-order valence-electron chi connectivity index (χ2n) is 6.34. The van der Waals surface area contributed by atoms with Gasteiger partial charge < -0.3 is 15.9 Å². The third kappa shape index (κ3) is 6.25. The van der Waals surface area contributed by atoms with E-state index in [4.69, 9.17) is 33.8 Å². The number of halogens is 2. The van der Waals surface area contributed by atoms with Crippen LogP contribution in [-0.4, -0.2) is 39.1 Å². The van der Waals surface area contributed by atoms with E-state index in [0.29, 0.717) is 38.9 Å². The number of anilines is 1. The molecule has 0 aliphatic carbocycles. The van der Waals surface area contributed by atoms with Gasteiger partial charge in [0, 0.05) is 22.3 Å². The summed E-state index contributed by atoms with van der Waals surface area (Å²) >= 11 is 13.3. The van der Waals surface area contributed by atoms with Crippen LogP contribution in [0.3, 0.4) is 0 Å². The van der Waals surface area contributed by atoms with Gasteiger partial charge >= 0.3 is 5.97 Å². The van der Waals surface area contributed by atoms with Gasteiger partial charge in [0.1, 0.15) is 0 Å². The molecule has 1 amide bonds. The lowest BCUT2D eigenvalue weighted by Gasteiger charge is -2.07. The molecule has 3 N–H and O–H groups in total. The highest BCUT2D eigenvalue weighted by molar-refractivity contribution is 7.99. The van der Waals surface area contributed by atoms with Crippen molar-refractivity contribution < 1.29 is 14.3 Å². The van der Waals surface area contributed by atoms with Gasteiger partial charge in [-0.05, 0) is 48.9 Å². The van der Waals surface area contributed by atoms with Gasteiger partial charge in [-0.25, -0.2) is 9.47 Å². The van der Waals surface area contributed by atoms with Crippen molar-refractivity contribution >= 4 is 58.6 Å². The predicted molar refractivity (Wildman–Crippen MR) is 127 cm³/mol. The number of nitrogens with one attached hydrogen (secondary N) is 1. The molecule has 0 radical (unpaired) electrons. The maximum atomic E-state index is 12.3. The van der Waals surface area contributed by atoms with Crippen LogP contribution in [0.5, 0.6) is 0 Å². The van der Waals surface area contributed by atoms with Crippen molar-refractivity contribution in [2.24, 2.45) is 0 Å². The number of rotatable bonds is 8. The molecule has 0 aliphatic heterocycles. The third-order valence-electron chi connectivity index (χ3n) is 4.06. The largest absolute Gasteiger partial charge is 0.463 e. The zero-order chi connectivity index (χ0) is 23.1. The minimum absolute atomic E-state index is 0.0776. The second kappa shape index (κ2) is 11.0. The number of carbonyl (C=O) groups is 2. The van der Waals surface area contributed by atoms with Crippen molar-refractivity contribution in [1.82, 2.24) is 14.9 Å². The molecule has 0 aliphatic rings. The van der Waals surface area contributed by atoms with E-state index in [2.05, 4.69) is 15.5 Å². The Hall–Kier alpha value is -3.01. The lowest BCUT2D eigenvalue weighted by Crippen LogP contribution is -2.16. The van der Waals surface area contributed by atoms with Crippen LogP contribution in [-0.2, 0) is 14.3 Å². The number of nitrogens with two attached hydrogens (primary N) is 1. The Bertz CT molecular complexity index is 1150. The summed E-state index contributed by atoms with van der Waals surface area (Å²) in [5, 5.41) is 12.1. The van der Waals surface area contributed by atoms with Crippen molar-refractivity contribution in [3.63, 3.8) is 0 Å². The minimum Gasteiger partial charge on any atom is -0.463 e. The molecule has 2 aromatic carbocycles. The molecule has 166 valence electrons. The summed E-state index contributed by atoms with van der Waals surface area (Å²) in [5.41, 5.74) is 2.00. The second-order valence-corrected chi connectivity index (χ2v) is 8.13. The summed E-state index contributed by atoms with van der Waals surface area (Å²) in [5.74, 6) is 5.87. The van der Waals surface area contributed by atoms with Crippen molar-refractivity contribution in [2.45, 2.75) is 12.1 Å². The van der Waals surface area contributed by atoms with Gasteiger partial charge in [0.2, 0.25) is 11.1 Å². The lowest BCUT2D eigenvalue weighted by molar-refractivity contribution is -0.137. The van der Waals surface area contributed by atoms with Crippen LogP contribution < -0.4 is 11.2 Å². The molecule has 0 spiro atoms. The Labute approximate surface area is 198 Å². The average molecular weight is 492 g/mol. The van der Waals surface area contributed by atoms with Crippen molar-refractivity contribution in [3.8, 4) is 11.4 Å². The van der Waals surface area contributed by atoms with Crippen LogP contribution in [0.2, 0.25) is 10.0 Å². The van der Waals surface area contributed by atoms with E-state index in [1.807, 2.05) is 0 Å². The SMILES string of the molecule is CCOC(=O)/C=C/c1ccc(NC(=O)CSc2nnc(-c3ccc(Cl)cc3Cl)n2N)cc1. The van der Waals surface area contributed by atoms with Gasteiger partial charge in [0.25, 0.3) is 0 Å². The molecule has 0 fully saturated rings. The Kier molecular flexibility index (Phi) is 8.15. The van der Waals surface area contributed by atoms with Crippen LogP contribution in [0.4, 0.5) is 5.69 Å². The topological polar surface area (TPSA) is 112 Å². The quantitative estimate of drug-likeness (QED) is 0.209. The maximum absolute atomic E-state index is 12.3. The Balaban J connectivity index is 1.56. The number of thioether (sulfide) groups is 1. The van der Waals surface area contributed by atoms with Gasteiger partial charge in [-0.1, -0.05) is 47.1 Å². The van der Waals surface area contributed by atoms with Gasteiger partial charge in [-0.2, -0.15) is 0 Å². The summed E-state index contributed by atoms with van der Waals surface area (Å²) in [7, 11) is 0. The third-order valence-corrected chi connectivity index (χ3v) is 5.55. The highest BCUT2D eigenvalue weighted by Crippen LogP contribution is 2.30. The maximum Gasteiger partial charge on any atom is 0.330 e. The number of nitrogens with zero attached hydrogens (tertiary/aromatic N) is 3. The van der Waals surface area contributed by atoms with E-state index in [9.17, 15) is 9.59 Å². The fourth-order valence-corrected chi connectivity index (χ4v) is 3.74. The first-order chi connectivity index (χ1) is 15.4. The molecule has 8 nitrogen and oxygen atoms in total. The number of carbonyl (C=O) groups excluding carboxylic acids is 2. The number of hydrogen-bond acceptors (Lipinski definition) is 7. The smallest absolute Gasteiger partial charge is 0.330 e. The molecule has 11 heteroatoms. The Morgan fingerprint density at radius 3 is 2.62 bits per heavy atom. The normalized spacial score (nSPS) is 11.0. The van der Waals surface area contributed by atoms with Gasteiger partial charge in [0.15, 0.2) is 5.82 Å². The van der Waals surface area contributed by atoms with E-state index in [1.165, 1.54) is 10.8 Å². The number of ether oxygens (including phenoxy) is 1. The number of nitrogen functional groups attached to an aromatic ring is 1. The molecule has 1 heterocycles. The minimum atomic E-state index is -0.406. The van der Waals surface area contributed by atoms with Crippen LogP contribution >= 0.6 is 35.0 Å². The van der Waals surface area contributed by atoms with E-state index < -0.39 is 5.97 Å². The number of hydrogen-bond donors (Lipinski definition) is 2. The molecule has 0 bridgehead atoms. The molecular formula is C21H19Cl2N5O3S. The molecule has 0 atom stereocenters. The molecule has 0 saturated carbocycles. The highest BCUT2D eigenvalue weighted by Gasteiger charge is 2.16. The lowest BCUT2D eigenvalue weighted by atomic mass is 10.2. The van der Waals surface area contributed by atoms with Crippen LogP contribution in [0.1, 0.15) is 12.5 Å². The Morgan fingerprint density at radius 2 is 1.94 bits per heavy atom. The summed E-state index contributed by atoms with van der Waals surface area (Å²) in [6, 6.07) is 12.0. The zero-order valence-electron chi connectivity index (χ0n) is 16.9. The van der Waals surface area contributed by atoms with E-state index in [1.54, 1.807) is 55.5 Å². The fourth-order valence-electron chi connectivity index (χ4n) is 2.59. The molecule has 3 aromatic rings. The zero-order valence-corrected chi connectivity index (χ0v) is 19.2. The standard InChI is InChI=1S/C21H19Cl2N5O3S/c1-2-31-19(30)10-5-13-3-7-15(8-4-13)25-18(29)12-32-21-27-26-20(28(21)24)16-9-6-14(22)11-17(16)23/h3-11H,2,12,24H2,1H3,(H,25,29)/b10-5+. The van der Waals surface area contributed by atoms with Crippen LogP contribution in [0, 0.1) is 0 Å². The summed E-state index contributed by atoms with van der Waals surface area (Å²) < 4.78 is 6.11. The van der Waals surface area contributed by atoms with E-state index in [0.717, 1.165) is 17.3 Å². The summed E-state index contributed by atoms with van der Waals surface area (Å²) in [4.78, 5) is 23.6. The number of esters is 1. The van der Waals surface area contributed by atoms with Crippen molar-refractivity contribution in [1.29, 1.82) is 0 Å². The fraction of sp³-hybridized carbons (Fsp3) is 0.143. The molecule has 0 unspecified atom stereocenters. The first-order valence-corrected chi connectivity index (χ1v) is 11.1. The summed E-state index contributed by atoms with van der Waals surface area (Å²) in [6.45, 7) is 2.07. The van der Waals surface area contributed by atoms with Crippen LogP contribution in [0.15, 0.2) is 53.7 Å². The van der Waals surface area contributed by atoms with Gasteiger partial charge in [0.05, 0.1) is 17.4 Å². The predicted octanol–water partition coefficient (Wildman–Crippen LogP) is 4.27. The summed E-state index contributed by atoms with van der Waals surface area (Å²) in [6.07, 6.45) is 2.99. The molecule has 32 heavy (non-hydrogen) atoms. The van der Waals surface area contributed by atoms with Crippen molar-refractivity contribution in [2.75, 3.05) is 23.5 Å². The average Bonchev–Trinajstić information content (AvgIpc) is 3.12. The number of benzene rings is 2. The molecular weight excluding hydrogens is 473 g/mol. The monoisotopic (exact) mass is 491 g/mol. The number of amides is 1. The first kappa shape index (κ1) is 23.6. The molecule has 1 aromatic heterocycles. The van der Waals surface area contributed by atoms with Gasteiger partial charge in [-0.15, -0.1) is 10.2 Å². The van der Waals surface area contributed by atoms with E-state index >= 15 is 0 Å². The molecule has 0 saturated heterocycles. The van der Waals surface area contributed by atoms with Crippen molar-refractivity contribution in [3.05, 3.63) is 64.1 Å². The highest BCUT2D eigenvalue weighted by atomic mass is 35.5.